The van der Waals surface area contributed by atoms with Crippen molar-refractivity contribution < 1.29 is 4.79 Å². The molecule has 1 amide bonds. The van der Waals surface area contributed by atoms with E-state index in [1.54, 1.807) is 12.5 Å². The second-order valence-corrected chi connectivity index (χ2v) is 6.52. The number of imidazole rings is 1. The van der Waals surface area contributed by atoms with Crippen LogP contribution >= 0.6 is 0 Å². The summed E-state index contributed by atoms with van der Waals surface area (Å²) >= 11 is 0. The maximum Gasteiger partial charge on any atom is 0.239 e. The van der Waals surface area contributed by atoms with Gasteiger partial charge in [0.1, 0.15) is 0 Å². The van der Waals surface area contributed by atoms with Gasteiger partial charge in [-0.2, -0.15) is 0 Å². The van der Waals surface area contributed by atoms with Gasteiger partial charge in [-0.1, -0.05) is 31.9 Å². The van der Waals surface area contributed by atoms with Gasteiger partial charge in [-0.25, -0.2) is 4.98 Å². The minimum absolute atomic E-state index is 0.0250. The van der Waals surface area contributed by atoms with Gasteiger partial charge in [0.25, 0.3) is 0 Å². The third kappa shape index (κ3) is 3.67. The second-order valence-electron chi connectivity index (χ2n) is 6.52. The smallest absolute Gasteiger partial charge is 0.239 e. The van der Waals surface area contributed by atoms with Gasteiger partial charge >= 0.3 is 0 Å². The van der Waals surface area contributed by atoms with Gasteiger partial charge in [-0.05, 0) is 24.1 Å². The molecule has 2 heterocycles. The lowest BCUT2D eigenvalue weighted by molar-refractivity contribution is -0.140. The van der Waals surface area contributed by atoms with Gasteiger partial charge in [0.05, 0.1) is 12.4 Å². The molecule has 3 rings (SSSR count). The molecule has 1 aliphatic rings. The number of carbonyl (C=O) groups excluding carboxylic acids is 1. The average molecular weight is 326 g/mol. The van der Waals surface area contributed by atoms with Crippen molar-refractivity contribution in [3.63, 3.8) is 0 Å². The summed E-state index contributed by atoms with van der Waals surface area (Å²) in [7, 11) is 1.92. The van der Waals surface area contributed by atoms with Crippen molar-refractivity contribution in [3.8, 4) is 5.69 Å². The highest BCUT2D eigenvalue weighted by atomic mass is 16.2. The fourth-order valence-electron chi connectivity index (χ4n) is 3.27. The van der Waals surface area contributed by atoms with E-state index in [9.17, 15) is 4.79 Å². The Hall–Kier alpha value is -2.14. The number of piperazine rings is 1. The van der Waals surface area contributed by atoms with Crippen molar-refractivity contribution in [2.75, 3.05) is 20.1 Å². The average Bonchev–Trinajstić information content (AvgIpc) is 3.13. The molecule has 1 atom stereocenters. The normalized spacial score (nSPS) is 19.0. The van der Waals surface area contributed by atoms with Crippen LogP contribution in [-0.4, -0.2) is 51.4 Å². The van der Waals surface area contributed by atoms with Gasteiger partial charge in [-0.3, -0.25) is 9.69 Å². The summed E-state index contributed by atoms with van der Waals surface area (Å²) in [5.41, 5.74) is 2.35. The Morgan fingerprint density at radius 3 is 2.67 bits per heavy atom. The summed E-state index contributed by atoms with van der Waals surface area (Å²) in [5.74, 6) is 0.268. The Bertz CT molecular complexity index is 651. The Kier molecular flexibility index (Phi) is 5.30. The van der Waals surface area contributed by atoms with E-state index in [1.807, 2.05) is 22.7 Å². The Morgan fingerprint density at radius 2 is 2.00 bits per heavy atom. The van der Waals surface area contributed by atoms with Crippen LogP contribution in [0.3, 0.4) is 0 Å². The van der Waals surface area contributed by atoms with E-state index < -0.39 is 0 Å². The summed E-state index contributed by atoms with van der Waals surface area (Å²) in [6, 6.07) is 8.53. The summed E-state index contributed by atoms with van der Waals surface area (Å²) in [6.45, 7) is 4.77. The molecular formula is C19H26N4O. The third-order valence-electron chi connectivity index (χ3n) is 4.78. The number of carbonyl (C=O) groups is 1. The fourth-order valence-corrected chi connectivity index (χ4v) is 3.27. The molecule has 0 spiro atoms. The van der Waals surface area contributed by atoms with E-state index >= 15 is 0 Å². The first-order valence-corrected chi connectivity index (χ1v) is 8.75. The predicted molar refractivity (Wildman–Crippen MR) is 94.9 cm³/mol. The molecular weight excluding hydrogens is 300 g/mol. The Balaban J connectivity index is 1.70. The number of amides is 1. The quantitative estimate of drug-likeness (QED) is 0.819. The molecule has 1 saturated heterocycles. The Labute approximate surface area is 143 Å². The lowest BCUT2D eigenvalue weighted by atomic mass is 10.0. The van der Waals surface area contributed by atoms with Crippen molar-refractivity contribution in [1.29, 1.82) is 0 Å². The minimum Gasteiger partial charge on any atom is -0.343 e. The van der Waals surface area contributed by atoms with E-state index in [-0.39, 0.29) is 11.9 Å². The van der Waals surface area contributed by atoms with Gasteiger partial charge in [0.15, 0.2) is 0 Å². The van der Waals surface area contributed by atoms with E-state index in [0.29, 0.717) is 0 Å². The largest absolute Gasteiger partial charge is 0.343 e. The number of unbranched alkanes of at least 4 members (excludes halogenated alkanes) is 1. The van der Waals surface area contributed by atoms with Crippen LogP contribution in [-0.2, 0) is 11.3 Å². The second kappa shape index (κ2) is 7.62. The molecule has 1 aliphatic heterocycles. The molecule has 0 bridgehead atoms. The highest BCUT2D eigenvalue weighted by Gasteiger charge is 2.32. The predicted octanol–water partition coefficient (Wildman–Crippen LogP) is 2.71. The van der Waals surface area contributed by atoms with Crippen molar-refractivity contribution in [2.45, 2.75) is 38.8 Å². The molecule has 1 aromatic heterocycles. The van der Waals surface area contributed by atoms with Crippen LogP contribution in [0, 0.1) is 0 Å². The SMILES string of the molecule is CCCC[C@@H]1C(=O)N(C)CCN1Cc1ccc(-n2ccnc2)cc1. The number of aromatic nitrogens is 2. The van der Waals surface area contributed by atoms with Crippen LogP contribution in [0.1, 0.15) is 31.7 Å². The number of hydrogen-bond donors (Lipinski definition) is 0. The van der Waals surface area contributed by atoms with Gasteiger partial charge in [0, 0.05) is 44.8 Å². The molecule has 1 fully saturated rings. The summed E-state index contributed by atoms with van der Waals surface area (Å²) in [6.07, 6.45) is 8.69. The lowest BCUT2D eigenvalue weighted by Gasteiger charge is -2.39. The number of likely N-dealkylation sites (N-methyl/N-ethyl adjacent to an activating group) is 1. The Morgan fingerprint density at radius 1 is 1.21 bits per heavy atom. The van der Waals surface area contributed by atoms with Gasteiger partial charge in [-0.15, -0.1) is 0 Å². The third-order valence-corrected chi connectivity index (χ3v) is 4.78. The van der Waals surface area contributed by atoms with Gasteiger partial charge < -0.3 is 9.47 Å². The molecule has 128 valence electrons. The minimum atomic E-state index is 0.0250. The highest BCUT2D eigenvalue weighted by molar-refractivity contribution is 5.82. The van der Waals surface area contributed by atoms with Crippen LogP contribution in [0.2, 0.25) is 0 Å². The summed E-state index contributed by atoms with van der Waals surface area (Å²) in [4.78, 5) is 20.8. The first-order chi connectivity index (χ1) is 11.7. The first kappa shape index (κ1) is 16.7. The molecule has 1 aromatic carbocycles. The molecule has 5 nitrogen and oxygen atoms in total. The summed E-state index contributed by atoms with van der Waals surface area (Å²) < 4.78 is 1.99. The van der Waals surface area contributed by atoms with Crippen molar-refractivity contribution >= 4 is 5.91 Å². The van der Waals surface area contributed by atoms with Crippen molar-refractivity contribution in [1.82, 2.24) is 19.4 Å². The maximum absolute atomic E-state index is 12.5. The van der Waals surface area contributed by atoms with Crippen LogP contribution in [0.5, 0.6) is 0 Å². The van der Waals surface area contributed by atoms with E-state index in [2.05, 4.69) is 41.1 Å². The van der Waals surface area contributed by atoms with Crippen LogP contribution < -0.4 is 0 Å². The first-order valence-electron chi connectivity index (χ1n) is 8.75. The van der Waals surface area contributed by atoms with Gasteiger partial charge in [0.2, 0.25) is 5.91 Å². The number of benzene rings is 1. The number of nitrogens with zero attached hydrogens (tertiary/aromatic N) is 4. The molecule has 0 N–H and O–H groups in total. The molecule has 24 heavy (non-hydrogen) atoms. The van der Waals surface area contributed by atoms with E-state index in [1.165, 1.54) is 5.56 Å². The number of hydrogen-bond acceptors (Lipinski definition) is 3. The monoisotopic (exact) mass is 326 g/mol. The molecule has 5 heteroatoms. The lowest BCUT2D eigenvalue weighted by Crippen LogP contribution is -2.55. The maximum atomic E-state index is 12.5. The van der Waals surface area contributed by atoms with E-state index in [0.717, 1.165) is 44.6 Å². The van der Waals surface area contributed by atoms with Crippen LogP contribution in [0.25, 0.3) is 5.69 Å². The molecule has 0 saturated carbocycles. The van der Waals surface area contributed by atoms with Crippen LogP contribution in [0.4, 0.5) is 0 Å². The summed E-state index contributed by atoms with van der Waals surface area (Å²) in [5, 5.41) is 0. The zero-order chi connectivity index (χ0) is 16.9. The molecule has 0 unspecified atom stereocenters. The topological polar surface area (TPSA) is 41.4 Å². The standard InChI is InChI=1S/C19H26N4O/c1-3-4-5-18-19(24)21(2)12-13-22(18)14-16-6-8-17(9-7-16)23-11-10-20-15-23/h6-11,15,18H,3-5,12-14H2,1-2H3/t18-/m1/s1. The molecule has 2 aromatic rings. The fraction of sp³-hybridized carbons (Fsp3) is 0.474. The molecule has 0 radical (unpaired) electrons. The zero-order valence-electron chi connectivity index (χ0n) is 14.6. The highest BCUT2D eigenvalue weighted by Crippen LogP contribution is 2.19. The van der Waals surface area contributed by atoms with Crippen LogP contribution in [0.15, 0.2) is 43.0 Å². The number of rotatable bonds is 6. The van der Waals surface area contributed by atoms with E-state index in [4.69, 9.17) is 0 Å². The zero-order valence-corrected chi connectivity index (χ0v) is 14.6. The molecule has 0 aliphatic carbocycles. The van der Waals surface area contributed by atoms with Crippen molar-refractivity contribution in [3.05, 3.63) is 48.5 Å². The van der Waals surface area contributed by atoms with Crippen molar-refractivity contribution in [2.24, 2.45) is 0 Å².